The van der Waals surface area contributed by atoms with Gasteiger partial charge in [0.05, 0.1) is 5.75 Å². The quantitative estimate of drug-likeness (QED) is 0.408. The zero-order valence-electron chi connectivity index (χ0n) is 14.2. The maximum atomic E-state index is 12.6. The van der Waals surface area contributed by atoms with Gasteiger partial charge in [-0.25, -0.2) is 9.97 Å². The number of benzene rings is 1. The van der Waals surface area contributed by atoms with E-state index in [1.807, 2.05) is 12.1 Å². The van der Waals surface area contributed by atoms with Crippen LogP contribution in [0, 0.1) is 0 Å². The molecule has 0 saturated heterocycles. The Labute approximate surface area is 159 Å². The van der Waals surface area contributed by atoms with E-state index in [1.165, 1.54) is 16.6 Å². The summed E-state index contributed by atoms with van der Waals surface area (Å²) >= 11 is 3.12. The summed E-state index contributed by atoms with van der Waals surface area (Å²) in [5.41, 5.74) is 2.51. The van der Waals surface area contributed by atoms with Crippen molar-refractivity contribution in [1.82, 2.24) is 9.97 Å². The third-order valence-electron chi connectivity index (χ3n) is 4.36. The lowest BCUT2D eigenvalue weighted by Crippen LogP contribution is -2.19. The molecule has 0 fully saturated rings. The number of hydrogen-bond donors (Lipinski definition) is 1. The third-order valence-corrected chi connectivity index (χ3v) is 6.55. The van der Waals surface area contributed by atoms with Gasteiger partial charge in [0.1, 0.15) is 16.2 Å². The van der Waals surface area contributed by atoms with Gasteiger partial charge in [-0.2, -0.15) is 0 Å². The smallest absolute Gasteiger partial charge is 0.224 e. The number of thiophene rings is 1. The molecular formula is C19H17N3O2S2. The highest BCUT2D eigenvalue weighted by molar-refractivity contribution is 8.00. The van der Waals surface area contributed by atoms with E-state index in [1.54, 1.807) is 23.7 Å². The van der Waals surface area contributed by atoms with Gasteiger partial charge in [0.2, 0.25) is 5.91 Å². The molecule has 0 radical (unpaired) electrons. The highest BCUT2D eigenvalue weighted by Gasteiger charge is 2.17. The topological polar surface area (TPSA) is 72.0 Å². The number of rotatable bonds is 5. The summed E-state index contributed by atoms with van der Waals surface area (Å²) in [6.07, 6.45) is 3.68. The minimum Gasteiger partial charge on any atom is -0.326 e. The summed E-state index contributed by atoms with van der Waals surface area (Å²) in [4.78, 5) is 35.0. The third kappa shape index (κ3) is 3.37. The molecule has 4 rings (SSSR count). The summed E-state index contributed by atoms with van der Waals surface area (Å²) in [6.45, 7) is 2.12. The fraction of sp³-hybridized carbons (Fsp3) is 0.263. The molecule has 26 heavy (non-hydrogen) atoms. The number of nitrogens with zero attached hydrogens (tertiary/aromatic N) is 2. The minimum absolute atomic E-state index is 0.0297. The summed E-state index contributed by atoms with van der Waals surface area (Å²) < 4.78 is 0. The molecule has 1 amide bonds. The Kier molecular flexibility index (Phi) is 4.74. The van der Waals surface area contributed by atoms with E-state index in [0.717, 1.165) is 32.9 Å². The molecule has 0 atom stereocenters. The van der Waals surface area contributed by atoms with Crippen LogP contribution in [0.1, 0.15) is 34.1 Å². The number of thioether (sulfide) groups is 1. The number of fused-ring (bicyclic) bond motifs is 2. The Morgan fingerprint density at radius 1 is 1.27 bits per heavy atom. The molecule has 0 spiro atoms. The summed E-state index contributed by atoms with van der Waals surface area (Å²) in [7, 11) is 0. The average Bonchev–Trinajstić information content (AvgIpc) is 3.09. The monoisotopic (exact) mass is 383 g/mol. The van der Waals surface area contributed by atoms with Gasteiger partial charge in [-0.05, 0) is 42.7 Å². The molecule has 1 aliphatic rings. The molecule has 3 heterocycles. The van der Waals surface area contributed by atoms with Gasteiger partial charge >= 0.3 is 0 Å². The molecule has 2 aromatic heterocycles. The zero-order chi connectivity index (χ0) is 18.1. The second kappa shape index (κ2) is 7.17. The van der Waals surface area contributed by atoms with Crippen LogP contribution >= 0.6 is 23.1 Å². The predicted molar refractivity (Wildman–Crippen MR) is 105 cm³/mol. The predicted octanol–water partition coefficient (Wildman–Crippen LogP) is 4.11. The van der Waals surface area contributed by atoms with E-state index in [-0.39, 0.29) is 11.7 Å². The van der Waals surface area contributed by atoms with Gasteiger partial charge in [-0.3, -0.25) is 9.59 Å². The maximum absolute atomic E-state index is 12.6. The van der Waals surface area contributed by atoms with Crippen molar-refractivity contribution in [3.63, 3.8) is 0 Å². The molecule has 1 N–H and O–H groups in total. The standard InChI is InChI=1S/C19H17N3O2S2/c1-2-13-8-14-18(20-10-21-19(14)26-13)25-9-16(23)12-3-5-15-11(7-12)4-6-17(24)22-15/h3,5,7-8,10H,2,4,6,9H2,1H3,(H,22,24). The van der Waals surface area contributed by atoms with E-state index >= 15 is 0 Å². The number of anilines is 1. The van der Waals surface area contributed by atoms with Crippen LogP contribution in [0.4, 0.5) is 5.69 Å². The molecule has 132 valence electrons. The Morgan fingerprint density at radius 3 is 3.00 bits per heavy atom. The maximum Gasteiger partial charge on any atom is 0.224 e. The second-order valence-electron chi connectivity index (χ2n) is 6.10. The number of nitrogens with one attached hydrogen (secondary N) is 1. The van der Waals surface area contributed by atoms with Crippen LogP contribution in [0.25, 0.3) is 10.2 Å². The number of aryl methyl sites for hydroxylation is 2. The first-order valence-electron chi connectivity index (χ1n) is 8.46. The summed E-state index contributed by atoms with van der Waals surface area (Å²) in [5.74, 6) is 0.420. The fourth-order valence-corrected chi connectivity index (χ4v) is 4.81. The molecular weight excluding hydrogens is 366 g/mol. The number of carbonyl (C=O) groups is 2. The number of ketones is 1. The van der Waals surface area contributed by atoms with Crippen molar-refractivity contribution in [2.45, 2.75) is 31.2 Å². The molecule has 0 unspecified atom stereocenters. The van der Waals surface area contributed by atoms with Crippen molar-refractivity contribution in [2.75, 3.05) is 11.1 Å². The lowest BCUT2D eigenvalue weighted by atomic mass is 9.99. The van der Waals surface area contributed by atoms with Crippen molar-refractivity contribution >= 4 is 50.7 Å². The van der Waals surface area contributed by atoms with E-state index in [9.17, 15) is 9.59 Å². The van der Waals surface area contributed by atoms with Crippen LogP contribution in [0.15, 0.2) is 35.6 Å². The van der Waals surface area contributed by atoms with Crippen LogP contribution in [0.2, 0.25) is 0 Å². The first kappa shape index (κ1) is 17.2. The SMILES string of the molecule is CCc1cc2c(SCC(=O)c3ccc4c(c3)CCC(=O)N4)ncnc2s1. The lowest BCUT2D eigenvalue weighted by Gasteiger charge is -2.17. The number of Topliss-reactive ketones (excluding diaryl/α,β-unsaturated/α-hetero) is 1. The van der Waals surface area contributed by atoms with Gasteiger partial charge in [-0.1, -0.05) is 18.7 Å². The Bertz CT molecular complexity index is 1010. The van der Waals surface area contributed by atoms with Crippen LogP contribution < -0.4 is 5.32 Å². The second-order valence-corrected chi connectivity index (χ2v) is 8.18. The minimum atomic E-state index is 0.0297. The Morgan fingerprint density at radius 2 is 2.15 bits per heavy atom. The first-order valence-corrected chi connectivity index (χ1v) is 10.3. The average molecular weight is 383 g/mol. The van der Waals surface area contributed by atoms with E-state index < -0.39 is 0 Å². The highest BCUT2D eigenvalue weighted by atomic mass is 32.2. The van der Waals surface area contributed by atoms with E-state index in [0.29, 0.717) is 24.2 Å². The number of aromatic nitrogens is 2. The Balaban J connectivity index is 1.51. The van der Waals surface area contributed by atoms with E-state index in [4.69, 9.17) is 0 Å². The zero-order valence-corrected chi connectivity index (χ0v) is 15.9. The van der Waals surface area contributed by atoms with Gasteiger partial charge in [0.15, 0.2) is 5.78 Å². The van der Waals surface area contributed by atoms with Crippen molar-refractivity contribution in [1.29, 1.82) is 0 Å². The summed E-state index contributed by atoms with van der Waals surface area (Å²) in [6, 6.07) is 7.61. The fourth-order valence-electron chi connectivity index (χ4n) is 2.95. The molecule has 0 bridgehead atoms. The molecule has 0 saturated carbocycles. The van der Waals surface area contributed by atoms with E-state index in [2.05, 4.69) is 28.3 Å². The molecule has 0 aliphatic carbocycles. The van der Waals surface area contributed by atoms with Crippen LogP contribution in [0.3, 0.4) is 0 Å². The molecule has 1 aliphatic heterocycles. The van der Waals surface area contributed by atoms with Crippen molar-refractivity contribution < 1.29 is 9.59 Å². The number of amides is 1. The molecule has 7 heteroatoms. The van der Waals surface area contributed by atoms with Gasteiger partial charge in [-0.15, -0.1) is 11.3 Å². The van der Waals surface area contributed by atoms with Gasteiger partial charge in [0, 0.05) is 27.9 Å². The molecule has 5 nitrogen and oxygen atoms in total. The summed E-state index contributed by atoms with van der Waals surface area (Å²) in [5, 5.41) is 4.72. The Hall–Kier alpha value is -2.25. The molecule has 3 aromatic rings. The molecule has 1 aromatic carbocycles. The first-order chi connectivity index (χ1) is 12.6. The highest BCUT2D eigenvalue weighted by Crippen LogP contribution is 2.31. The van der Waals surface area contributed by atoms with Crippen molar-refractivity contribution in [3.05, 3.63) is 46.6 Å². The normalized spacial score (nSPS) is 13.5. The van der Waals surface area contributed by atoms with Crippen molar-refractivity contribution in [2.24, 2.45) is 0 Å². The largest absolute Gasteiger partial charge is 0.326 e. The number of carbonyl (C=O) groups excluding carboxylic acids is 2. The van der Waals surface area contributed by atoms with Gasteiger partial charge < -0.3 is 5.32 Å². The van der Waals surface area contributed by atoms with Crippen LogP contribution in [-0.2, 0) is 17.6 Å². The number of hydrogen-bond acceptors (Lipinski definition) is 6. The van der Waals surface area contributed by atoms with Crippen molar-refractivity contribution in [3.8, 4) is 0 Å². The van der Waals surface area contributed by atoms with Gasteiger partial charge in [0.25, 0.3) is 0 Å². The van der Waals surface area contributed by atoms with Crippen LogP contribution in [0.5, 0.6) is 0 Å². The lowest BCUT2D eigenvalue weighted by molar-refractivity contribution is -0.116. The van der Waals surface area contributed by atoms with Crippen LogP contribution in [-0.4, -0.2) is 27.4 Å².